The van der Waals surface area contributed by atoms with Gasteiger partial charge in [-0.2, -0.15) is 0 Å². The molecule has 1 heterocycles. The normalized spacial score (nSPS) is 30.5. The molecule has 1 aromatic carbocycles. The fourth-order valence-corrected chi connectivity index (χ4v) is 2.85. The summed E-state index contributed by atoms with van der Waals surface area (Å²) >= 11 is 0. The first-order valence-corrected chi connectivity index (χ1v) is 5.15. The molecule has 3 N–H and O–H groups in total. The minimum absolute atomic E-state index is 0. The van der Waals surface area contributed by atoms with Crippen LogP contribution in [0.5, 0.6) is 0 Å². The van der Waals surface area contributed by atoms with Crippen LogP contribution in [0, 0.1) is 0 Å². The third-order valence-electron chi connectivity index (χ3n) is 3.47. The molecule has 0 spiro atoms. The zero-order valence-electron chi connectivity index (χ0n) is 9.56. The molecule has 0 saturated carbocycles. The van der Waals surface area contributed by atoms with Crippen molar-refractivity contribution in [1.82, 2.24) is 11.1 Å². The van der Waals surface area contributed by atoms with Crippen molar-refractivity contribution in [3.63, 3.8) is 0 Å². The second-order valence-corrected chi connectivity index (χ2v) is 4.57. The topological polar surface area (TPSA) is 64.5 Å². The Hall–Kier alpha value is -1.55. The van der Waals surface area contributed by atoms with E-state index in [1.165, 1.54) is 11.1 Å². The van der Waals surface area contributed by atoms with Gasteiger partial charge in [0.15, 0.2) is 0 Å². The highest BCUT2D eigenvalue weighted by molar-refractivity contribution is 5.73. The number of likely N-dealkylation sites (N-methyl/N-ethyl adjacent to an activating group) is 1. The van der Waals surface area contributed by atoms with Crippen LogP contribution in [-0.4, -0.2) is 23.6 Å². The van der Waals surface area contributed by atoms with Gasteiger partial charge in [-0.05, 0) is 18.1 Å². The Labute approximate surface area is 94.8 Å². The van der Waals surface area contributed by atoms with E-state index in [9.17, 15) is 4.79 Å². The van der Waals surface area contributed by atoms with Gasteiger partial charge in [0.1, 0.15) is 11.6 Å². The SMILES string of the molecule is CN1C(=O)O[C@]2(C)Cc3ccccc3[C@H]12.N. The molecule has 0 aromatic heterocycles. The summed E-state index contributed by atoms with van der Waals surface area (Å²) in [5.41, 5.74) is 2.16. The molecule has 1 aliphatic carbocycles. The quantitative estimate of drug-likeness (QED) is 0.729. The minimum Gasteiger partial charge on any atom is -0.440 e. The van der Waals surface area contributed by atoms with Crippen molar-refractivity contribution in [2.24, 2.45) is 0 Å². The molecule has 0 bridgehead atoms. The van der Waals surface area contributed by atoms with Crippen molar-refractivity contribution in [2.45, 2.75) is 25.0 Å². The van der Waals surface area contributed by atoms with Crippen molar-refractivity contribution < 1.29 is 9.53 Å². The van der Waals surface area contributed by atoms with Gasteiger partial charge in [-0.1, -0.05) is 24.3 Å². The van der Waals surface area contributed by atoms with Crippen molar-refractivity contribution >= 4 is 6.09 Å². The smallest absolute Gasteiger partial charge is 0.410 e. The predicted molar refractivity (Wildman–Crippen MR) is 60.6 cm³/mol. The lowest BCUT2D eigenvalue weighted by atomic mass is 9.98. The monoisotopic (exact) mass is 220 g/mol. The Balaban J connectivity index is 0.000000963. The molecule has 86 valence electrons. The van der Waals surface area contributed by atoms with Gasteiger partial charge in [0.2, 0.25) is 0 Å². The summed E-state index contributed by atoms with van der Waals surface area (Å²) in [4.78, 5) is 13.2. The molecule has 0 radical (unpaired) electrons. The number of hydrogen-bond acceptors (Lipinski definition) is 3. The molecular formula is C12H16N2O2. The van der Waals surface area contributed by atoms with Crippen molar-refractivity contribution in [2.75, 3.05) is 7.05 Å². The predicted octanol–water partition coefficient (Wildman–Crippen LogP) is 2.29. The van der Waals surface area contributed by atoms with Gasteiger partial charge in [0, 0.05) is 13.5 Å². The molecule has 1 amide bonds. The minimum atomic E-state index is -0.366. The molecule has 1 aromatic rings. The number of carbonyl (C=O) groups excluding carboxylic acids is 1. The summed E-state index contributed by atoms with van der Waals surface area (Å²) in [6.07, 6.45) is 0.612. The summed E-state index contributed by atoms with van der Waals surface area (Å²) in [5.74, 6) is 0. The van der Waals surface area contributed by atoms with Crippen molar-refractivity contribution in [3.8, 4) is 0 Å². The Morgan fingerprint density at radius 1 is 1.44 bits per heavy atom. The Morgan fingerprint density at radius 2 is 2.12 bits per heavy atom. The molecule has 0 unspecified atom stereocenters. The molecule has 16 heavy (non-hydrogen) atoms. The van der Waals surface area contributed by atoms with E-state index < -0.39 is 0 Å². The van der Waals surface area contributed by atoms with Gasteiger partial charge in [-0.3, -0.25) is 0 Å². The molecule has 2 atom stereocenters. The summed E-state index contributed by atoms with van der Waals surface area (Å²) in [6, 6.07) is 8.33. The fraction of sp³-hybridized carbons (Fsp3) is 0.417. The molecule has 1 aliphatic heterocycles. The van der Waals surface area contributed by atoms with E-state index in [2.05, 4.69) is 12.1 Å². The number of nitrogens with zero attached hydrogens (tertiary/aromatic N) is 1. The largest absolute Gasteiger partial charge is 0.440 e. The third-order valence-corrected chi connectivity index (χ3v) is 3.47. The lowest BCUT2D eigenvalue weighted by Crippen LogP contribution is -2.30. The fourth-order valence-electron chi connectivity index (χ4n) is 2.85. The van der Waals surface area contributed by atoms with E-state index in [-0.39, 0.29) is 23.9 Å². The zero-order valence-corrected chi connectivity index (χ0v) is 9.56. The molecule has 4 nitrogen and oxygen atoms in total. The molecule has 2 aliphatic rings. The Bertz CT molecular complexity index is 446. The van der Waals surface area contributed by atoms with Gasteiger partial charge in [-0.25, -0.2) is 4.79 Å². The highest BCUT2D eigenvalue weighted by Crippen LogP contribution is 2.48. The molecular weight excluding hydrogens is 204 g/mol. The summed E-state index contributed by atoms with van der Waals surface area (Å²) in [7, 11) is 1.81. The standard InChI is InChI=1S/C12H13NO2.H3N/c1-12-7-8-5-3-4-6-9(8)10(12)13(2)11(14)15-12;/h3-6,10H,7H2,1-2H3;1H3/t10-,12+;/m0./s1. The van der Waals surface area contributed by atoms with Gasteiger partial charge < -0.3 is 15.8 Å². The third kappa shape index (κ3) is 1.16. The van der Waals surface area contributed by atoms with E-state index in [4.69, 9.17) is 4.74 Å². The lowest BCUT2D eigenvalue weighted by molar-refractivity contribution is 0.0608. The first-order chi connectivity index (χ1) is 7.12. The number of hydrogen-bond donors (Lipinski definition) is 1. The van der Waals surface area contributed by atoms with Crippen LogP contribution in [-0.2, 0) is 11.2 Å². The van der Waals surface area contributed by atoms with Crippen molar-refractivity contribution in [1.29, 1.82) is 0 Å². The molecule has 1 saturated heterocycles. The Morgan fingerprint density at radius 3 is 2.88 bits per heavy atom. The summed E-state index contributed by atoms with van der Waals surface area (Å²) in [5, 5.41) is 0. The van der Waals surface area contributed by atoms with Crippen LogP contribution in [0.1, 0.15) is 24.1 Å². The number of carbonyl (C=O) groups is 1. The second-order valence-electron chi connectivity index (χ2n) is 4.57. The van der Waals surface area contributed by atoms with Gasteiger partial charge in [-0.15, -0.1) is 0 Å². The average molecular weight is 220 g/mol. The Kier molecular flexibility index (Phi) is 2.20. The highest BCUT2D eigenvalue weighted by atomic mass is 16.6. The van der Waals surface area contributed by atoms with Gasteiger partial charge >= 0.3 is 6.09 Å². The number of amides is 1. The maximum Gasteiger partial charge on any atom is 0.410 e. The van der Waals surface area contributed by atoms with Crippen LogP contribution < -0.4 is 6.15 Å². The number of ether oxygens (including phenoxy) is 1. The number of rotatable bonds is 0. The zero-order chi connectivity index (χ0) is 10.6. The average Bonchev–Trinajstić information content (AvgIpc) is 2.58. The summed E-state index contributed by atoms with van der Waals surface area (Å²) < 4.78 is 5.45. The maximum atomic E-state index is 11.5. The maximum absolute atomic E-state index is 11.5. The van der Waals surface area contributed by atoms with E-state index in [0.717, 1.165) is 6.42 Å². The first kappa shape index (κ1) is 11.0. The molecule has 1 fully saturated rings. The second kappa shape index (κ2) is 3.22. The van der Waals surface area contributed by atoms with Crippen LogP contribution in [0.3, 0.4) is 0 Å². The van der Waals surface area contributed by atoms with Gasteiger partial charge in [0.25, 0.3) is 0 Å². The molecule has 4 heteroatoms. The highest BCUT2D eigenvalue weighted by Gasteiger charge is 2.54. The van der Waals surface area contributed by atoms with Crippen LogP contribution in [0.4, 0.5) is 4.79 Å². The van der Waals surface area contributed by atoms with Crippen LogP contribution in [0.15, 0.2) is 24.3 Å². The number of benzene rings is 1. The van der Waals surface area contributed by atoms with E-state index in [1.807, 2.05) is 19.1 Å². The van der Waals surface area contributed by atoms with Crippen LogP contribution >= 0.6 is 0 Å². The van der Waals surface area contributed by atoms with Gasteiger partial charge in [0.05, 0.1) is 0 Å². The van der Waals surface area contributed by atoms with E-state index in [0.29, 0.717) is 0 Å². The first-order valence-electron chi connectivity index (χ1n) is 5.15. The lowest BCUT2D eigenvalue weighted by Gasteiger charge is -2.23. The van der Waals surface area contributed by atoms with E-state index in [1.54, 1.807) is 11.9 Å². The summed E-state index contributed by atoms with van der Waals surface area (Å²) in [6.45, 7) is 2.01. The van der Waals surface area contributed by atoms with Crippen molar-refractivity contribution in [3.05, 3.63) is 35.4 Å². The number of fused-ring (bicyclic) bond motifs is 3. The van der Waals surface area contributed by atoms with Crippen LogP contribution in [0.2, 0.25) is 0 Å². The molecule has 3 rings (SSSR count). The van der Waals surface area contributed by atoms with E-state index >= 15 is 0 Å². The van der Waals surface area contributed by atoms with Crippen LogP contribution in [0.25, 0.3) is 0 Å².